The van der Waals surface area contributed by atoms with Crippen molar-refractivity contribution in [1.82, 2.24) is 4.98 Å². The SMILES string of the molecule is COC(=O)C(CCCC(F)(F)C(F)(F)F)c1c[nH]c2ccccc12. The zero-order chi connectivity index (χ0) is 18.0. The molecule has 0 amide bonds. The van der Waals surface area contributed by atoms with Crippen LogP contribution in [0.4, 0.5) is 22.0 Å². The van der Waals surface area contributed by atoms with Crippen LogP contribution in [0.15, 0.2) is 30.5 Å². The van der Waals surface area contributed by atoms with Crippen molar-refractivity contribution < 1.29 is 31.5 Å². The van der Waals surface area contributed by atoms with Crippen molar-refractivity contribution in [3.63, 3.8) is 0 Å². The fourth-order valence-corrected chi connectivity index (χ4v) is 2.59. The monoisotopic (exact) mass is 349 g/mol. The average Bonchev–Trinajstić information content (AvgIpc) is 2.93. The number of aromatic amines is 1. The summed E-state index contributed by atoms with van der Waals surface area (Å²) in [5.41, 5.74) is 1.26. The number of carbonyl (C=O) groups excluding carboxylic acids is 1. The Morgan fingerprint density at radius 3 is 2.50 bits per heavy atom. The number of esters is 1. The summed E-state index contributed by atoms with van der Waals surface area (Å²) in [5, 5.41) is 0.704. The van der Waals surface area contributed by atoms with E-state index in [4.69, 9.17) is 0 Å². The Hall–Kier alpha value is -2.12. The number of methoxy groups -OCH3 is 1. The topological polar surface area (TPSA) is 42.1 Å². The smallest absolute Gasteiger partial charge is 0.453 e. The van der Waals surface area contributed by atoms with Crippen molar-refractivity contribution in [1.29, 1.82) is 0 Å². The van der Waals surface area contributed by atoms with Crippen LogP contribution in [0.1, 0.15) is 30.7 Å². The predicted octanol–water partition coefficient (Wildman–Crippen LogP) is 4.79. The summed E-state index contributed by atoms with van der Waals surface area (Å²) in [4.78, 5) is 14.9. The number of alkyl halides is 5. The number of benzene rings is 1. The lowest BCUT2D eigenvalue weighted by molar-refractivity contribution is -0.284. The van der Waals surface area contributed by atoms with Gasteiger partial charge >= 0.3 is 18.1 Å². The molecule has 0 aliphatic rings. The lowest BCUT2D eigenvalue weighted by atomic mass is 9.92. The van der Waals surface area contributed by atoms with Crippen molar-refractivity contribution in [2.45, 2.75) is 37.3 Å². The quantitative estimate of drug-likeness (QED) is 0.602. The highest BCUT2D eigenvalue weighted by Crippen LogP contribution is 2.40. The highest BCUT2D eigenvalue weighted by atomic mass is 19.4. The average molecular weight is 349 g/mol. The van der Waals surface area contributed by atoms with Gasteiger partial charge in [0.05, 0.1) is 13.0 Å². The van der Waals surface area contributed by atoms with E-state index in [1.165, 1.54) is 0 Å². The van der Waals surface area contributed by atoms with Crippen molar-refractivity contribution in [3.05, 3.63) is 36.0 Å². The van der Waals surface area contributed by atoms with E-state index in [2.05, 4.69) is 9.72 Å². The molecule has 1 N–H and O–H groups in total. The van der Waals surface area contributed by atoms with Gasteiger partial charge in [0.1, 0.15) is 0 Å². The van der Waals surface area contributed by atoms with E-state index in [-0.39, 0.29) is 6.42 Å². The third kappa shape index (κ3) is 3.68. The summed E-state index contributed by atoms with van der Waals surface area (Å²) in [6.07, 6.45) is -6.04. The van der Waals surface area contributed by atoms with Crippen LogP contribution < -0.4 is 0 Å². The van der Waals surface area contributed by atoms with Gasteiger partial charge in [0.25, 0.3) is 0 Å². The van der Waals surface area contributed by atoms with Gasteiger partial charge in [-0.25, -0.2) is 0 Å². The van der Waals surface area contributed by atoms with E-state index in [0.29, 0.717) is 10.9 Å². The number of fused-ring (bicyclic) bond motifs is 1. The molecule has 0 bridgehead atoms. The Bertz CT molecular complexity index is 708. The number of ether oxygens (including phenoxy) is 1. The molecule has 24 heavy (non-hydrogen) atoms. The molecule has 3 nitrogen and oxygen atoms in total. The number of H-pyrrole nitrogens is 1. The standard InChI is InChI=1S/C16H16F5NO2/c1-24-14(23)11(6-4-8-15(17,18)16(19,20)21)12-9-22-13-7-3-2-5-10(12)13/h2-3,5,7,9,11,22H,4,6,8H2,1H3. The number of halogens is 5. The zero-order valence-electron chi connectivity index (χ0n) is 12.8. The third-order valence-electron chi connectivity index (χ3n) is 3.88. The second-order valence-corrected chi connectivity index (χ2v) is 5.46. The Morgan fingerprint density at radius 1 is 1.21 bits per heavy atom. The van der Waals surface area contributed by atoms with Gasteiger partial charge in [-0.1, -0.05) is 18.2 Å². The van der Waals surface area contributed by atoms with Crippen LogP contribution in [0.5, 0.6) is 0 Å². The van der Waals surface area contributed by atoms with Crippen molar-refractivity contribution >= 4 is 16.9 Å². The number of hydrogen-bond acceptors (Lipinski definition) is 2. The molecule has 132 valence electrons. The minimum atomic E-state index is -5.59. The van der Waals surface area contributed by atoms with Gasteiger partial charge in [0.2, 0.25) is 0 Å². The van der Waals surface area contributed by atoms with Crippen LogP contribution in [0.3, 0.4) is 0 Å². The van der Waals surface area contributed by atoms with Gasteiger partial charge in [0, 0.05) is 23.5 Å². The molecule has 2 rings (SSSR count). The van der Waals surface area contributed by atoms with Crippen LogP contribution in [-0.2, 0) is 9.53 Å². The second kappa shape index (κ2) is 6.78. The first kappa shape index (κ1) is 18.2. The molecule has 1 atom stereocenters. The van der Waals surface area contributed by atoms with Gasteiger partial charge in [0.15, 0.2) is 0 Å². The van der Waals surface area contributed by atoms with Crippen LogP contribution in [0.25, 0.3) is 10.9 Å². The first-order valence-corrected chi connectivity index (χ1v) is 7.26. The van der Waals surface area contributed by atoms with E-state index in [1.54, 1.807) is 30.5 Å². The van der Waals surface area contributed by atoms with Crippen molar-refractivity contribution in [2.24, 2.45) is 0 Å². The molecule has 1 aromatic heterocycles. The van der Waals surface area contributed by atoms with E-state index in [0.717, 1.165) is 12.6 Å². The van der Waals surface area contributed by atoms with E-state index in [9.17, 15) is 26.7 Å². The molecule has 2 aromatic rings. The first-order chi connectivity index (χ1) is 11.2. The minimum Gasteiger partial charge on any atom is -0.469 e. The number of carbonyl (C=O) groups is 1. The molecule has 8 heteroatoms. The van der Waals surface area contributed by atoms with Gasteiger partial charge in [-0.2, -0.15) is 22.0 Å². The minimum absolute atomic E-state index is 0.166. The number of para-hydroxylation sites is 1. The molecule has 0 saturated heterocycles. The summed E-state index contributed by atoms with van der Waals surface area (Å²) >= 11 is 0. The number of aromatic nitrogens is 1. The molecule has 1 unspecified atom stereocenters. The van der Waals surface area contributed by atoms with Gasteiger partial charge < -0.3 is 9.72 Å². The molecule has 0 saturated carbocycles. The predicted molar refractivity (Wildman–Crippen MR) is 77.9 cm³/mol. The lowest BCUT2D eigenvalue weighted by Crippen LogP contribution is -2.36. The van der Waals surface area contributed by atoms with Crippen molar-refractivity contribution in [3.8, 4) is 0 Å². The normalized spacial score (nSPS) is 13.9. The second-order valence-electron chi connectivity index (χ2n) is 5.46. The van der Waals surface area contributed by atoms with E-state index >= 15 is 0 Å². The number of rotatable bonds is 6. The maximum atomic E-state index is 13.0. The summed E-state index contributed by atoms with van der Waals surface area (Å²) in [7, 11) is 1.15. The third-order valence-corrected chi connectivity index (χ3v) is 3.88. The van der Waals surface area contributed by atoms with Gasteiger partial charge in [-0.3, -0.25) is 4.79 Å². The van der Waals surface area contributed by atoms with Crippen molar-refractivity contribution in [2.75, 3.05) is 7.11 Å². The summed E-state index contributed by atoms with van der Waals surface area (Å²) < 4.78 is 67.3. The largest absolute Gasteiger partial charge is 0.469 e. The summed E-state index contributed by atoms with van der Waals surface area (Å²) in [6, 6.07) is 7.03. The van der Waals surface area contributed by atoms with Crippen LogP contribution in [-0.4, -0.2) is 30.2 Å². The molecular formula is C16H16F5NO2. The first-order valence-electron chi connectivity index (χ1n) is 7.26. The van der Waals surface area contributed by atoms with Gasteiger partial charge in [-0.05, 0) is 24.5 Å². The number of hydrogen-bond donors (Lipinski definition) is 1. The van der Waals surface area contributed by atoms with Gasteiger partial charge in [-0.15, -0.1) is 0 Å². The fourth-order valence-electron chi connectivity index (χ4n) is 2.59. The molecule has 1 aromatic carbocycles. The Balaban J connectivity index is 2.17. The van der Waals surface area contributed by atoms with E-state index < -0.39 is 36.8 Å². The van der Waals surface area contributed by atoms with Crippen LogP contribution >= 0.6 is 0 Å². The molecule has 0 spiro atoms. The maximum absolute atomic E-state index is 13.0. The molecule has 0 radical (unpaired) electrons. The zero-order valence-corrected chi connectivity index (χ0v) is 12.8. The van der Waals surface area contributed by atoms with Crippen LogP contribution in [0, 0.1) is 0 Å². The highest BCUT2D eigenvalue weighted by molar-refractivity contribution is 5.89. The Kier molecular flexibility index (Phi) is 5.15. The molecular weight excluding hydrogens is 333 g/mol. The highest BCUT2D eigenvalue weighted by Gasteiger charge is 2.56. The Labute approximate surface area is 134 Å². The maximum Gasteiger partial charge on any atom is 0.453 e. The number of nitrogens with one attached hydrogen (secondary N) is 1. The van der Waals surface area contributed by atoms with E-state index in [1.807, 2.05) is 0 Å². The fraction of sp³-hybridized carbons (Fsp3) is 0.438. The molecule has 0 aliphatic carbocycles. The van der Waals surface area contributed by atoms with Crippen LogP contribution in [0.2, 0.25) is 0 Å². The molecule has 0 aliphatic heterocycles. The summed E-state index contributed by atoms with van der Waals surface area (Å²) in [6.45, 7) is 0. The summed E-state index contributed by atoms with van der Waals surface area (Å²) in [5.74, 6) is -6.35. The Morgan fingerprint density at radius 2 is 1.88 bits per heavy atom. The lowest BCUT2D eigenvalue weighted by Gasteiger charge is -2.20. The molecule has 0 fully saturated rings. The molecule has 1 heterocycles.